The van der Waals surface area contributed by atoms with Crippen molar-refractivity contribution in [3.8, 4) is 0 Å². The molecular formula is C61H88BrN17O29P4S4. The van der Waals surface area contributed by atoms with Crippen molar-refractivity contribution in [2.45, 2.75) is 145 Å². The van der Waals surface area contributed by atoms with E-state index in [1.807, 2.05) is 13.8 Å². The number of aliphatic hydroxyl groups excluding tert-OH is 1. The topological polar surface area (TPSA) is 605 Å². The van der Waals surface area contributed by atoms with Crippen LogP contribution in [0.1, 0.15) is 89.1 Å². The highest BCUT2D eigenvalue weighted by Crippen LogP contribution is 2.61. The van der Waals surface area contributed by atoms with Crippen molar-refractivity contribution in [1.82, 2.24) is 63.0 Å². The summed E-state index contributed by atoms with van der Waals surface area (Å²) in [5, 5.41) is 13.0. The van der Waals surface area contributed by atoms with Gasteiger partial charge in [-0.3, -0.25) is 84.1 Å². The molecule has 6 aromatic heterocycles. The van der Waals surface area contributed by atoms with Crippen LogP contribution >= 0.6 is 79.8 Å². The van der Waals surface area contributed by atoms with Gasteiger partial charge in [0.25, 0.3) is 16.7 Å². The number of aromatic nitrogens is 12. The van der Waals surface area contributed by atoms with Crippen molar-refractivity contribution in [2.75, 3.05) is 110 Å². The summed E-state index contributed by atoms with van der Waals surface area (Å²) in [6, 6.07) is 2.75. The Labute approximate surface area is 686 Å². The van der Waals surface area contributed by atoms with E-state index in [0.29, 0.717) is 19.6 Å². The molecule has 0 aliphatic carbocycles. The lowest BCUT2D eigenvalue weighted by atomic mass is 9.89. The first-order valence-corrected chi connectivity index (χ1v) is 47.4. The number of carbonyl (C=O) groups is 1. The van der Waals surface area contributed by atoms with Crippen LogP contribution in [0.5, 0.6) is 0 Å². The number of aliphatic hydroxyl groups is 1. The predicted molar refractivity (Wildman–Crippen MR) is 424 cm³/mol. The molecule has 13 N–H and O–H groups in total. The highest BCUT2D eigenvalue weighted by Gasteiger charge is 2.50. The molecule has 11 rings (SSSR count). The number of amides is 1. The first-order chi connectivity index (χ1) is 55.1. The second-order valence-corrected chi connectivity index (χ2v) is 39.5. The number of thiol groups is 3. The Kier molecular flexibility index (Phi) is 31.8. The maximum absolute atomic E-state index is 15.0. The molecule has 0 spiro atoms. The molecule has 19 atom stereocenters. The van der Waals surface area contributed by atoms with Crippen LogP contribution in [-0.4, -0.2) is 216 Å². The van der Waals surface area contributed by atoms with Crippen LogP contribution < -0.4 is 67.7 Å². The van der Waals surface area contributed by atoms with Crippen LogP contribution in [0.25, 0.3) is 11.2 Å². The van der Waals surface area contributed by atoms with Gasteiger partial charge in [0.1, 0.15) is 85.5 Å². The SMILES string of the molecule is Cc1cn([C@H]2CC(OP(=S)(OCCOCCOCCNC(=O)CCOCCN)OC[C@H]3O[C@@H](n4ccc(N)nc4=O)CC3C(C)C)[C@@H](COP(=O)(S)OC3C[C@H](n4cnc5c(=O)[nH]c(N)nc54)O[C@@H]3COP(=O)(S)OC3C[C@H](n4ccc(N)nc4=O)O[C@@H]3COP(=O)(S)OC3C[C@H](n4cc(Br)c(=O)[nH]c4=O)O[C@@H]3CO)O2)c(=O)[nH]c1=O. The monoisotopic (exact) mass is 1850 g/mol. The Morgan fingerprint density at radius 2 is 1.06 bits per heavy atom. The molecule has 55 heteroatoms. The first kappa shape index (κ1) is 91.2. The smallest absolute Gasteiger partial charge is 0.386 e. The van der Waals surface area contributed by atoms with E-state index in [1.165, 1.54) is 53.1 Å². The molecule has 46 nitrogen and oxygen atoms in total. The largest absolute Gasteiger partial charge is 0.394 e. The van der Waals surface area contributed by atoms with Gasteiger partial charge < -0.3 is 84.8 Å². The van der Waals surface area contributed by atoms with E-state index in [4.69, 9.17) is 113 Å². The number of rotatable bonds is 42. The third-order valence-corrected chi connectivity index (χ3v) is 26.5. The highest BCUT2D eigenvalue weighted by molar-refractivity contribution is 9.10. The minimum absolute atomic E-state index is 0.0103. The number of ether oxygens (including phenoxy) is 8. The minimum Gasteiger partial charge on any atom is -0.394 e. The van der Waals surface area contributed by atoms with Crippen LogP contribution in [0.3, 0.4) is 0 Å². The fraction of sp³-hybridized carbons (Fsp3) is 0.639. The molecule has 116 heavy (non-hydrogen) atoms. The summed E-state index contributed by atoms with van der Waals surface area (Å²) in [5.74, 6) is -0.933. The molecule has 0 aromatic carbocycles. The lowest BCUT2D eigenvalue weighted by Crippen LogP contribution is -2.33. The number of aromatic amines is 3. The van der Waals surface area contributed by atoms with Crippen molar-refractivity contribution in [1.29, 1.82) is 0 Å². The number of nitrogens with zero attached hydrogens (tertiary/aromatic N) is 9. The molecule has 5 aliphatic rings. The Morgan fingerprint density at radius 3 is 1.60 bits per heavy atom. The maximum atomic E-state index is 15.0. The molecule has 11 heterocycles. The van der Waals surface area contributed by atoms with Gasteiger partial charge in [-0.05, 0) is 65.0 Å². The van der Waals surface area contributed by atoms with E-state index in [0.717, 1.165) is 19.9 Å². The van der Waals surface area contributed by atoms with Crippen LogP contribution in [0.2, 0.25) is 0 Å². The van der Waals surface area contributed by atoms with E-state index >= 15 is 4.57 Å². The van der Waals surface area contributed by atoms with Crippen molar-refractivity contribution >= 4 is 126 Å². The van der Waals surface area contributed by atoms with Gasteiger partial charge in [-0.1, -0.05) is 50.6 Å². The number of aryl methyl sites for hydroxylation is 1. The van der Waals surface area contributed by atoms with E-state index in [9.17, 15) is 52.6 Å². The van der Waals surface area contributed by atoms with Gasteiger partial charge in [0.15, 0.2) is 11.2 Å². The van der Waals surface area contributed by atoms with Crippen molar-refractivity contribution in [2.24, 2.45) is 17.6 Å². The van der Waals surface area contributed by atoms with Gasteiger partial charge in [0.05, 0.1) is 102 Å². The number of nitrogens with two attached hydrogens (primary N) is 4. The summed E-state index contributed by atoms with van der Waals surface area (Å²) in [4.78, 5) is 125. The number of hydrogen-bond acceptors (Lipinski definition) is 38. The van der Waals surface area contributed by atoms with Crippen LogP contribution in [-0.2, 0) is 109 Å². The van der Waals surface area contributed by atoms with E-state index in [2.05, 4.69) is 92.9 Å². The van der Waals surface area contributed by atoms with Crippen molar-refractivity contribution < 1.29 is 102 Å². The lowest BCUT2D eigenvalue weighted by Gasteiger charge is -2.30. The molecular weight excluding hydrogens is 1770 g/mol. The second kappa shape index (κ2) is 40.4. The number of hydrogen-bond donors (Lipinski definition) is 12. The number of anilines is 3. The van der Waals surface area contributed by atoms with E-state index in [1.54, 1.807) is 0 Å². The maximum Gasteiger partial charge on any atom is 0.386 e. The molecule has 0 saturated carbocycles. The fourth-order valence-corrected chi connectivity index (χ4v) is 20.0. The Bertz CT molecular complexity index is 5090. The summed E-state index contributed by atoms with van der Waals surface area (Å²) < 4.78 is 153. The number of carbonyl (C=O) groups excluding carboxylic acids is 1. The van der Waals surface area contributed by atoms with Crippen molar-refractivity contribution in [3.63, 3.8) is 0 Å². The van der Waals surface area contributed by atoms with E-state index < -0.39 is 179 Å². The summed E-state index contributed by atoms with van der Waals surface area (Å²) in [6.07, 6.45) is -11.5. The zero-order valence-corrected chi connectivity index (χ0v) is 70.7. The minimum atomic E-state index is -4.79. The standard InChI is InChI=1S/C61H88BrN17O29P4S4/c1-31(2)33-18-47(75-9-4-44(64)69-58(75)85)101-40(33)26-99-112(116,95-17-16-94-15-14-93-13-8-67-46(81)6-11-92-12-7-63)108-38-22-49(77-23-32(3)54(82)73-60(77)87)103-43(38)29-98-111(91,115)107-37-21-51(79-30-68-52-53(79)71-57(66)72-56(52)84)104-42(37)28-97-110(90,114)106-36-20-48(76-10-5-45(65)70-59(76)86)102-41(36)27-96-109(89,113)105-35-19-50(100-39(35)25-80)78-24-34(62)55(83)74-61(78)88/h4-5,9-10,23-24,30-31,33,35-43,47-51,80H,6-8,11-22,25-29,63H2,1-3H3,(H,67,81)(H,89,113)(H,90,114)(H,91,115)(H2,64,69,85)(H2,65,70,86)(H,73,82,87)(H,74,83,88)(H3,66,71,72,84)/t33?,35?,36?,37?,38?,39-,40-,41-,42-,43-,47-,48-,49-,50-,51-,109?,110?,111?,112?/m1/s1. The Morgan fingerprint density at radius 1 is 0.595 bits per heavy atom. The molecule has 5 aliphatic heterocycles. The number of nitrogens with one attached hydrogen (secondary N) is 4. The Hall–Kier alpha value is -5.55. The van der Waals surface area contributed by atoms with Gasteiger partial charge in [-0.25, -0.2) is 37.9 Å². The second-order valence-electron chi connectivity index (χ2n) is 27.1. The molecule has 0 bridgehead atoms. The van der Waals surface area contributed by atoms with Crippen LogP contribution in [0.15, 0.2) is 81.3 Å². The van der Waals surface area contributed by atoms with Gasteiger partial charge in [-0.2, -0.15) is 15.0 Å². The average molecular weight is 1860 g/mol. The first-order valence-electron chi connectivity index (χ1n) is 35.9. The number of nitrogen functional groups attached to an aromatic ring is 3. The van der Waals surface area contributed by atoms with Crippen LogP contribution in [0, 0.1) is 18.8 Å². The highest BCUT2D eigenvalue weighted by atomic mass is 79.9. The molecule has 0 radical (unpaired) electrons. The zero-order valence-electron chi connectivity index (χ0n) is 62.1. The number of imidazole rings is 1. The van der Waals surface area contributed by atoms with Gasteiger partial charge in [0, 0.05) is 75.5 Å². The average Bonchev–Trinajstić information content (AvgIpc) is 1.63. The number of H-pyrrole nitrogens is 3. The van der Waals surface area contributed by atoms with Gasteiger partial charge in [0.2, 0.25) is 11.9 Å². The molecule has 1 amide bonds. The van der Waals surface area contributed by atoms with E-state index in [-0.39, 0.29) is 141 Å². The van der Waals surface area contributed by atoms with Crippen LogP contribution in [0.4, 0.5) is 17.6 Å². The molecule has 5 saturated heterocycles. The van der Waals surface area contributed by atoms with Gasteiger partial charge >= 0.3 is 49.9 Å². The van der Waals surface area contributed by atoms with Crippen molar-refractivity contribution in [3.05, 3.63) is 126 Å². The summed E-state index contributed by atoms with van der Waals surface area (Å²) in [7, 11) is 0. The quantitative estimate of drug-likeness (QED) is 0.0147. The predicted octanol–water partition coefficient (Wildman–Crippen LogP) is 1.73. The number of halogens is 1. The third kappa shape index (κ3) is 24.2. The Balaban J connectivity index is 0.801. The third-order valence-electron chi connectivity index (χ3n) is 18.6. The molecule has 9 unspecified atom stereocenters. The lowest BCUT2D eigenvalue weighted by molar-refractivity contribution is -0.122. The summed E-state index contributed by atoms with van der Waals surface area (Å²) >= 11 is 22.1. The van der Waals surface area contributed by atoms with Gasteiger partial charge in [-0.15, -0.1) is 0 Å². The number of fused-ring (bicyclic) bond motifs is 1. The summed E-state index contributed by atoms with van der Waals surface area (Å²) in [5.41, 5.74) is 17.5. The molecule has 6 aromatic rings. The normalized spacial score (nSPS) is 27.0. The summed E-state index contributed by atoms with van der Waals surface area (Å²) in [6.45, 7) is -14.9. The molecule has 5 fully saturated rings. The fourth-order valence-electron chi connectivity index (χ4n) is 13.0. The molecule has 642 valence electrons. The zero-order chi connectivity index (χ0) is 83.6.